The molecule has 6 heteroatoms. The van der Waals surface area contributed by atoms with Gasteiger partial charge in [-0.3, -0.25) is 9.59 Å². The highest BCUT2D eigenvalue weighted by Gasteiger charge is 2.33. The Balaban J connectivity index is 1.47. The van der Waals surface area contributed by atoms with Gasteiger partial charge in [-0.15, -0.1) is 0 Å². The first-order chi connectivity index (χ1) is 12.2. The number of carbonyl (C=O) groups is 2. The standard InChI is InChI=1S/C19H21N3O3/c23-18-6-3-9-21(18)10-7-14-13-22(17-5-2-1-4-16(14)17)19(24)12-15-8-11-25-20-15/h1-2,4-5,8,11,14H,3,6-7,9-10,12-13H2/t14-/m1/s1. The summed E-state index contributed by atoms with van der Waals surface area (Å²) < 4.78 is 4.82. The second-order valence-electron chi connectivity index (χ2n) is 6.70. The predicted molar refractivity (Wildman–Crippen MR) is 92.2 cm³/mol. The second kappa shape index (κ2) is 6.70. The Morgan fingerprint density at radius 2 is 2.16 bits per heavy atom. The number of likely N-dealkylation sites (tertiary alicyclic amines) is 1. The average Bonchev–Trinajstić information content (AvgIpc) is 3.34. The monoisotopic (exact) mass is 339 g/mol. The van der Waals surface area contributed by atoms with Gasteiger partial charge in [0.15, 0.2) is 0 Å². The molecule has 25 heavy (non-hydrogen) atoms. The molecule has 0 spiro atoms. The summed E-state index contributed by atoms with van der Waals surface area (Å²) in [4.78, 5) is 28.3. The van der Waals surface area contributed by atoms with Gasteiger partial charge in [-0.1, -0.05) is 23.4 Å². The van der Waals surface area contributed by atoms with Gasteiger partial charge in [0.25, 0.3) is 0 Å². The molecule has 0 aliphatic carbocycles. The summed E-state index contributed by atoms with van der Waals surface area (Å²) in [7, 11) is 0. The van der Waals surface area contributed by atoms with Gasteiger partial charge in [-0.25, -0.2) is 0 Å². The Bertz CT molecular complexity index is 772. The largest absolute Gasteiger partial charge is 0.364 e. The highest BCUT2D eigenvalue weighted by atomic mass is 16.5. The molecule has 1 saturated heterocycles. The molecule has 0 radical (unpaired) electrons. The molecule has 0 saturated carbocycles. The summed E-state index contributed by atoms with van der Waals surface area (Å²) in [6.45, 7) is 2.29. The first kappa shape index (κ1) is 15.9. The third kappa shape index (κ3) is 3.16. The van der Waals surface area contributed by atoms with Crippen molar-refractivity contribution in [1.82, 2.24) is 10.1 Å². The van der Waals surface area contributed by atoms with Crippen LogP contribution in [0.5, 0.6) is 0 Å². The van der Waals surface area contributed by atoms with Crippen LogP contribution in [0.4, 0.5) is 5.69 Å². The highest BCUT2D eigenvalue weighted by molar-refractivity contribution is 5.96. The lowest BCUT2D eigenvalue weighted by Crippen LogP contribution is -2.32. The van der Waals surface area contributed by atoms with Gasteiger partial charge in [0, 0.05) is 43.7 Å². The van der Waals surface area contributed by atoms with E-state index in [0.29, 0.717) is 18.7 Å². The third-order valence-corrected chi connectivity index (χ3v) is 5.11. The van der Waals surface area contributed by atoms with Gasteiger partial charge in [0.1, 0.15) is 6.26 Å². The number of aromatic nitrogens is 1. The van der Waals surface area contributed by atoms with Crippen molar-refractivity contribution in [2.75, 3.05) is 24.5 Å². The van der Waals surface area contributed by atoms with Crippen molar-refractivity contribution in [1.29, 1.82) is 0 Å². The van der Waals surface area contributed by atoms with E-state index in [9.17, 15) is 9.59 Å². The Kier molecular flexibility index (Phi) is 4.26. The Labute approximate surface area is 146 Å². The maximum absolute atomic E-state index is 12.7. The Morgan fingerprint density at radius 3 is 2.92 bits per heavy atom. The van der Waals surface area contributed by atoms with Crippen LogP contribution in [0.3, 0.4) is 0 Å². The summed E-state index contributed by atoms with van der Waals surface area (Å²) in [5.41, 5.74) is 2.82. The van der Waals surface area contributed by atoms with Crippen molar-refractivity contribution in [3.8, 4) is 0 Å². The minimum absolute atomic E-state index is 0.0288. The molecule has 4 rings (SSSR count). The highest BCUT2D eigenvalue weighted by Crippen LogP contribution is 2.38. The van der Waals surface area contributed by atoms with Crippen molar-refractivity contribution in [3.63, 3.8) is 0 Å². The molecule has 0 N–H and O–H groups in total. The summed E-state index contributed by atoms with van der Waals surface area (Å²) in [5.74, 6) is 0.553. The van der Waals surface area contributed by atoms with Crippen molar-refractivity contribution >= 4 is 17.5 Å². The molecular formula is C19H21N3O3. The van der Waals surface area contributed by atoms with Crippen LogP contribution in [-0.4, -0.2) is 41.5 Å². The quantitative estimate of drug-likeness (QED) is 0.839. The number of fused-ring (bicyclic) bond motifs is 1. The van der Waals surface area contributed by atoms with Gasteiger partial charge in [0.2, 0.25) is 11.8 Å². The third-order valence-electron chi connectivity index (χ3n) is 5.11. The number of nitrogens with zero attached hydrogens (tertiary/aromatic N) is 3. The molecule has 2 amide bonds. The van der Waals surface area contributed by atoms with Crippen LogP contribution < -0.4 is 4.90 Å². The SMILES string of the molecule is O=C1CCCN1CC[C@@H]1CN(C(=O)Cc2ccon2)c2ccccc21. The Morgan fingerprint density at radius 1 is 1.28 bits per heavy atom. The summed E-state index contributed by atoms with van der Waals surface area (Å²) in [6.07, 6.45) is 4.24. The Hall–Kier alpha value is -2.63. The molecule has 6 nitrogen and oxygen atoms in total. The van der Waals surface area contributed by atoms with Crippen molar-refractivity contribution in [2.45, 2.75) is 31.6 Å². The van der Waals surface area contributed by atoms with E-state index >= 15 is 0 Å². The lowest BCUT2D eigenvalue weighted by molar-refractivity contribution is -0.127. The first-order valence-electron chi connectivity index (χ1n) is 8.78. The number of rotatable bonds is 5. The van der Waals surface area contributed by atoms with Crippen LogP contribution in [0.2, 0.25) is 0 Å². The second-order valence-corrected chi connectivity index (χ2v) is 6.70. The van der Waals surface area contributed by atoms with E-state index in [2.05, 4.69) is 11.2 Å². The fraction of sp³-hybridized carbons (Fsp3) is 0.421. The van der Waals surface area contributed by atoms with Crippen molar-refractivity contribution < 1.29 is 14.1 Å². The molecule has 1 aromatic heterocycles. The molecule has 2 aliphatic heterocycles. The molecule has 1 fully saturated rings. The molecule has 2 aromatic rings. The molecule has 3 heterocycles. The van der Waals surface area contributed by atoms with Gasteiger partial charge in [-0.2, -0.15) is 0 Å². The molecule has 2 aliphatic rings. The molecular weight excluding hydrogens is 318 g/mol. The predicted octanol–water partition coefficient (Wildman–Crippen LogP) is 2.36. The van der Waals surface area contributed by atoms with Crippen LogP contribution in [-0.2, 0) is 16.0 Å². The first-order valence-corrected chi connectivity index (χ1v) is 8.78. The number of para-hydroxylation sites is 1. The number of carbonyl (C=O) groups excluding carboxylic acids is 2. The van der Waals surface area contributed by atoms with E-state index in [1.54, 1.807) is 6.07 Å². The fourth-order valence-electron chi connectivity index (χ4n) is 3.81. The average molecular weight is 339 g/mol. The van der Waals surface area contributed by atoms with Crippen molar-refractivity contribution in [3.05, 3.63) is 47.9 Å². The maximum atomic E-state index is 12.7. The normalized spacial score (nSPS) is 19.5. The topological polar surface area (TPSA) is 66.7 Å². The van der Waals surface area contributed by atoms with Gasteiger partial charge >= 0.3 is 0 Å². The van der Waals surface area contributed by atoms with Crippen LogP contribution in [0.15, 0.2) is 41.1 Å². The van der Waals surface area contributed by atoms with Crippen molar-refractivity contribution in [2.24, 2.45) is 0 Å². The van der Waals surface area contributed by atoms with Crippen LogP contribution in [0.25, 0.3) is 0 Å². The molecule has 0 unspecified atom stereocenters. The van der Waals surface area contributed by atoms with Crippen LogP contribution in [0.1, 0.15) is 36.4 Å². The number of hydrogen-bond donors (Lipinski definition) is 0. The smallest absolute Gasteiger partial charge is 0.233 e. The van der Waals surface area contributed by atoms with Crippen LogP contribution in [0, 0.1) is 0 Å². The zero-order valence-corrected chi connectivity index (χ0v) is 14.1. The minimum Gasteiger partial charge on any atom is -0.364 e. The molecule has 1 aromatic carbocycles. The van der Waals surface area contributed by atoms with Gasteiger partial charge < -0.3 is 14.3 Å². The van der Waals surface area contributed by atoms with Gasteiger partial charge in [-0.05, 0) is 24.5 Å². The lowest BCUT2D eigenvalue weighted by atomic mass is 9.98. The number of benzene rings is 1. The van der Waals surface area contributed by atoms with E-state index < -0.39 is 0 Å². The summed E-state index contributed by atoms with van der Waals surface area (Å²) in [6, 6.07) is 9.78. The fourth-order valence-corrected chi connectivity index (χ4v) is 3.81. The van der Waals surface area contributed by atoms with E-state index in [4.69, 9.17) is 4.52 Å². The maximum Gasteiger partial charge on any atom is 0.233 e. The minimum atomic E-state index is 0.0288. The number of amides is 2. The van der Waals surface area contributed by atoms with Gasteiger partial charge in [0.05, 0.1) is 12.1 Å². The van der Waals surface area contributed by atoms with Crippen LogP contribution >= 0.6 is 0 Å². The lowest BCUT2D eigenvalue weighted by Gasteiger charge is -2.19. The molecule has 1 atom stereocenters. The molecule has 130 valence electrons. The van der Waals surface area contributed by atoms with E-state index in [0.717, 1.165) is 31.6 Å². The zero-order valence-electron chi connectivity index (χ0n) is 14.1. The summed E-state index contributed by atoms with van der Waals surface area (Å²) in [5, 5.41) is 3.83. The van der Waals surface area contributed by atoms with E-state index in [1.807, 2.05) is 28.0 Å². The summed E-state index contributed by atoms with van der Waals surface area (Å²) >= 11 is 0. The number of hydrogen-bond acceptors (Lipinski definition) is 4. The van der Waals surface area contributed by atoms with E-state index in [1.165, 1.54) is 11.8 Å². The van der Waals surface area contributed by atoms with E-state index in [-0.39, 0.29) is 24.2 Å². The molecule has 0 bridgehead atoms. The number of anilines is 1. The zero-order chi connectivity index (χ0) is 17.2.